The van der Waals surface area contributed by atoms with Gasteiger partial charge in [-0.15, -0.1) is 11.8 Å². The van der Waals surface area contributed by atoms with Crippen LogP contribution in [0.2, 0.25) is 4.34 Å². The van der Waals surface area contributed by atoms with Crippen LogP contribution in [0, 0.1) is 0 Å². The average molecular weight is 423 g/mol. The molecule has 1 aromatic heterocycles. The number of thiazole rings is 1. The molecule has 2 amide bonds. The molecule has 8 nitrogen and oxygen atoms in total. The standard InChI is InChI=1S/C14H13ClN4O4S2.Na/c1-2-5(7-9(15)25-14(16)18-7)10(20)17-8-11(21)19-6(13(22)23)3-4-24-12(8)19;/h2-3,8,12H,4H2,1H3,(H2,16,18)(H,17,20)(H,22,23);/q;+1/p-1/b5-2-;/t8?,12-;/m0./s1. The van der Waals surface area contributed by atoms with Gasteiger partial charge in [-0.3, -0.25) is 14.5 Å². The van der Waals surface area contributed by atoms with E-state index in [1.807, 2.05) is 0 Å². The van der Waals surface area contributed by atoms with E-state index in [4.69, 9.17) is 17.3 Å². The number of β-lactam (4-membered cyclic amide) rings is 1. The first kappa shape index (κ1) is 21.3. The third kappa shape index (κ3) is 3.67. The molecule has 1 fully saturated rings. The van der Waals surface area contributed by atoms with Crippen molar-refractivity contribution >= 4 is 63.2 Å². The quantitative estimate of drug-likeness (QED) is 0.297. The molecule has 1 saturated heterocycles. The molecule has 0 aliphatic carbocycles. The van der Waals surface area contributed by atoms with Crippen molar-refractivity contribution in [3.05, 3.63) is 27.9 Å². The largest absolute Gasteiger partial charge is 1.00 e. The van der Waals surface area contributed by atoms with E-state index in [-0.39, 0.29) is 56.0 Å². The fraction of sp³-hybridized carbons (Fsp3) is 0.286. The first-order chi connectivity index (χ1) is 11.8. The van der Waals surface area contributed by atoms with Crippen LogP contribution >= 0.6 is 34.7 Å². The van der Waals surface area contributed by atoms with E-state index in [1.54, 1.807) is 6.92 Å². The van der Waals surface area contributed by atoms with Crippen LogP contribution in [-0.4, -0.2) is 44.8 Å². The molecule has 1 unspecified atom stereocenters. The summed E-state index contributed by atoms with van der Waals surface area (Å²) in [5, 5.41) is 13.4. The number of nitrogens with two attached hydrogens (primary N) is 1. The molecular formula is C14H12ClN4NaO4S2. The molecule has 0 radical (unpaired) electrons. The molecule has 1 aromatic rings. The molecule has 2 aliphatic heterocycles. The first-order valence-electron chi connectivity index (χ1n) is 7.10. The second kappa shape index (κ2) is 8.32. The average Bonchev–Trinajstić information content (AvgIpc) is 2.90. The maximum absolute atomic E-state index is 12.5. The molecular weight excluding hydrogens is 411 g/mol. The van der Waals surface area contributed by atoms with Crippen LogP contribution in [0.3, 0.4) is 0 Å². The molecule has 26 heavy (non-hydrogen) atoms. The van der Waals surface area contributed by atoms with E-state index in [1.165, 1.54) is 23.9 Å². The van der Waals surface area contributed by atoms with Crippen molar-refractivity contribution in [2.45, 2.75) is 18.3 Å². The van der Waals surface area contributed by atoms with Gasteiger partial charge in [-0.05, 0) is 13.0 Å². The number of anilines is 1. The zero-order valence-corrected chi connectivity index (χ0v) is 18.2. The topological polar surface area (TPSA) is 128 Å². The summed E-state index contributed by atoms with van der Waals surface area (Å²) in [6, 6.07) is -0.828. The number of hydrogen-bond acceptors (Lipinski definition) is 8. The van der Waals surface area contributed by atoms with Gasteiger partial charge < -0.3 is 21.0 Å². The van der Waals surface area contributed by atoms with Crippen LogP contribution in [-0.2, 0) is 14.4 Å². The Hall–Kier alpha value is -1.04. The van der Waals surface area contributed by atoms with Crippen molar-refractivity contribution in [2.75, 3.05) is 11.5 Å². The van der Waals surface area contributed by atoms with Crippen LogP contribution < -0.4 is 45.7 Å². The number of fused-ring (bicyclic) bond motifs is 1. The number of carbonyl (C=O) groups excluding carboxylic acids is 3. The number of aliphatic carboxylic acids is 1. The first-order valence-corrected chi connectivity index (χ1v) is 9.35. The molecule has 3 N–H and O–H groups in total. The minimum Gasteiger partial charge on any atom is -0.543 e. The summed E-state index contributed by atoms with van der Waals surface area (Å²) < 4.78 is 0.275. The predicted octanol–water partition coefficient (Wildman–Crippen LogP) is -3.18. The number of nitrogens with one attached hydrogen (secondary N) is 1. The van der Waals surface area contributed by atoms with Gasteiger partial charge in [-0.2, -0.15) is 0 Å². The van der Waals surface area contributed by atoms with Crippen LogP contribution in [0.5, 0.6) is 0 Å². The number of carboxylic acids is 1. The van der Waals surface area contributed by atoms with Gasteiger partial charge in [0.05, 0.1) is 17.2 Å². The number of amides is 2. The number of allylic oxidation sites excluding steroid dienone is 1. The number of carboxylic acid groups (broad SMARTS) is 1. The fourth-order valence-corrected chi connectivity index (χ4v) is 4.76. The number of aromatic nitrogens is 1. The van der Waals surface area contributed by atoms with Crippen LogP contribution in [0.15, 0.2) is 17.8 Å². The van der Waals surface area contributed by atoms with Gasteiger partial charge in [0.1, 0.15) is 21.4 Å². The van der Waals surface area contributed by atoms with Crippen LogP contribution in [0.1, 0.15) is 12.6 Å². The summed E-state index contributed by atoms with van der Waals surface area (Å²) in [7, 11) is 0. The Bertz CT molecular complexity index is 841. The number of halogens is 1. The molecule has 3 rings (SSSR count). The monoisotopic (exact) mass is 422 g/mol. The van der Waals surface area contributed by atoms with E-state index in [0.29, 0.717) is 5.75 Å². The summed E-state index contributed by atoms with van der Waals surface area (Å²) in [5.74, 6) is -2.03. The number of carbonyl (C=O) groups is 3. The maximum atomic E-state index is 12.5. The van der Waals surface area contributed by atoms with Gasteiger partial charge in [0, 0.05) is 5.75 Å². The SMILES string of the molecule is C/C=C(\C(=O)NC1C(=O)N2C(C(=O)[O-])=CCS[C@@H]12)c1nc(N)sc1Cl.[Na+]. The number of hydrogen-bond donors (Lipinski definition) is 2. The maximum Gasteiger partial charge on any atom is 1.00 e. The van der Waals surface area contributed by atoms with E-state index < -0.39 is 29.2 Å². The smallest absolute Gasteiger partial charge is 0.543 e. The Balaban J connectivity index is 0.00000243. The Morgan fingerprint density at radius 3 is 2.77 bits per heavy atom. The molecule has 12 heteroatoms. The Morgan fingerprint density at radius 1 is 1.54 bits per heavy atom. The van der Waals surface area contributed by atoms with E-state index in [9.17, 15) is 19.5 Å². The number of nitrogens with zero attached hydrogens (tertiary/aromatic N) is 2. The van der Waals surface area contributed by atoms with Crippen molar-refractivity contribution in [2.24, 2.45) is 0 Å². The number of nitrogen functional groups attached to an aromatic ring is 1. The van der Waals surface area contributed by atoms with Crippen molar-refractivity contribution in [1.82, 2.24) is 15.2 Å². The van der Waals surface area contributed by atoms with Crippen LogP contribution in [0.4, 0.5) is 5.13 Å². The van der Waals surface area contributed by atoms with Gasteiger partial charge in [0.15, 0.2) is 5.13 Å². The summed E-state index contributed by atoms with van der Waals surface area (Å²) in [6.45, 7) is 1.64. The molecule has 2 atom stereocenters. The second-order valence-electron chi connectivity index (χ2n) is 5.14. The second-order valence-corrected chi connectivity index (χ2v) is 7.92. The number of rotatable bonds is 4. The predicted molar refractivity (Wildman–Crippen MR) is 93.3 cm³/mol. The summed E-state index contributed by atoms with van der Waals surface area (Å²) >= 11 is 8.43. The number of thioether (sulfide) groups is 1. The summed E-state index contributed by atoms with van der Waals surface area (Å²) in [4.78, 5) is 41.0. The minimum absolute atomic E-state index is 0. The van der Waals surface area contributed by atoms with E-state index in [2.05, 4.69) is 10.3 Å². The molecule has 3 heterocycles. The van der Waals surface area contributed by atoms with Crippen molar-refractivity contribution in [3.8, 4) is 0 Å². The van der Waals surface area contributed by atoms with Crippen molar-refractivity contribution in [1.29, 1.82) is 0 Å². The Labute approximate surface area is 184 Å². The third-order valence-corrected chi connectivity index (χ3v) is 6.00. The zero-order valence-electron chi connectivity index (χ0n) is 13.8. The Morgan fingerprint density at radius 2 is 2.23 bits per heavy atom. The summed E-state index contributed by atoms with van der Waals surface area (Å²) in [5.41, 5.74) is 5.87. The van der Waals surface area contributed by atoms with Gasteiger partial charge >= 0.3 is 29.6 Å². The fourth-order valence-electron chi connectivity index (χ4n) is 2.61. The van der Waals surface area contributed by atoms with E-state index >= 15 is 0 Å². The van der Waals surface area contributed by atoms with Gasteiger partial charge in [0.25, 0.3) is 11.8 Å². The molecule has 132 valence electrons. The summed E-state index contributed by atoms with van der Waals surface area (Å²) in [6.07, 6.45) is 2.94. The molecule has 0 spiro atoms. The minimum atomic E-state index is -1.41. The van der Waals surface area contributed by atoms with Crippen molar-refractivity contribution < 1.29 is 49.0 Å². The van der Waals surface area contributed by atoms with Gasteiger partial charge in [-0.25, -0.2) is 4.98 Å². The Kier molecular flexibility index (Phi) is 6.81. The zero-order chi connectivity index (χ0) is 18.3. The van der Waals surface area contributed by atoms with Crippen molar-refractivity contribution in [3.63, 3.8) is 0 Å². The molecule has 0 aromatic carbocycles. The van der Waals surface area contributed by atoms with E-state index in [0.717, 1.165) is 16.2 Å². The molecule has 0 saturated carbocycles. The molecule has 0 bridgehead atoms. The third-order valence-electron chi connectivity index (χ3n) is 3.73. The van der Waals surface area contributed by atoms with Gasteiger partial charge in [0.2, 0.25) is 0 Å². The van der Waals surface area contributed by atoms with Crippen LogP contribution in [0.25, 0.3) is 5.57 Å². The molecule has 2 aliphatic rings. The normalized spacial score (nSPS) is 21.9. The van der Waals surface area contributed by atoms with Gasteiger partial charge in [-0.1, -0.05) is 29.0 Å².